The maximum Gasteiger partial charge on any atom is 0.407 e. The van der Waals surface area contributed by atoms with Gasteiger partial charge in [-0.05, 0) is 51.9 Å². The van der Waals surface area contributed by atoms with Gasteiger partial charge >= 0.3 is 6.09 Å². The summed E-state index contributed by atoms with van der Waals surface area (Å²) in [5.41, 5.74) is 5.59. The Balaban J connectivity index is 0.00000144. The van der Waals surface area contributed by atoms with Gasteiger partial charge in [0.05, 0.1) is 0 Å². The van der Waals surface area contributed by atoms with Crippen LogP contribution >= 0.6 is 12.4 Å². The van der Waals surface area contributed by atoms with Crippen LogP contribution in [0.4, 0.5) is 4.79 Å². The minimum atomic E-state index is -0.427. The van der Waals surface area contributed by atoms with E-state index in [2.05, 4.69) is 5.32 Å². The minimum absolute atomic E-state index is 0. The zero-order valence-corrected chi connectivity index (χ0v) is 11.5. The summed E-state index contributed by atoms with van der Waals surface area (Å²) in [6.45, 7) is 5.62. The number of carbonyl (C=O) groups is 1. The van der Waals surface area contributed by atoms with Gasteiger partial charge in [0.25, 0.3) is 0 Å². The van der Waals surface area contributed by atoms with Gasteiger partial charge in [-0.15, -0.1) is 12.4 Å². The van der Waals surface area contributed by atoms with Crippen molar-refractivity contribution in [2.24, 2.45) is 17.6 Å². The first-order valence-electron chi connectivity index (χ1n) is 6.10. The molecule has 2 fully saturated rings. The molecule has 0 saturated heterocycles. The molecule has 0 aromatic rings. The molecule has 1 amide bonds. The number of amides is 1. The van der Waals surface area contributed by atoms with Gasteiger partial charge in [0.2, 0.25) is 0 Å². The van der Waals surface area contributed by atoms with Gasteiger partial charge in [0, 0.05) is 12.1 Å². The maximum atomic E-state index is 11.6. The Bertz CT molecular complexity index is 291. The Kier molecular flexibility index (Phi) is 4.31. The van der Waals surface area contributed by atoms with Crippen molar-refractivity contribution >= 4 is 18.5 Å². The molecular formula is C12H23ClN2O2. The number of nitrogens with one attached hydrogen (secondary N) is 1. The average molecular weight is 263 g/mol. The maximum absolute atomic E-state index is 11.6. The lowest BCUT2D eigenvalue weighted by atomic mass is 9.91. The molecule has 0 spiro atoms. The molecule has 0 heterocycles. The van der Waals surface area contributed by atoms with Crippen LogP contribution in [0.1, 0.15) is 40.0 Å². The van der Waals surface area contributed by atoms with Crippen LogP contribution < -0.4 is 11.1 Å². The summed E-state index contributed by atoms with van der Waals surface area (Å²) in [7, 11) is 0. The van der Waals surface area contributed by atoms with Gasteiger partial charge in [-0.3, -0.25) is 0 Å². The fourth-order valence-electron chi connectivity index (χ4n) is 3.03. The van der Waals surface area contributed by atoms with Crippen LogP contribution in [0, 0.1) is 11.8 Å². The third kappa shape index (κ3) is 3.49. The van der Waals surface area contributed by atoms with E-state index in [4.69, 9.17) is 10.5 Å². The lowest BCUT2D eigenvalue weighted by Crippen LogP contribution is -2.47. The minimum Gasteiger partial charge on any atom is -0.444 e. The summed E-state index contributed by atoms with van der Waals surface area (Å²) < 4.78 is 5.25. The van der Waals surface area contributed by atoms with Crippen LogP contribution in [0.3, 0.4) is 0 Å². The van der Waals surface area contributed by atoms with E-state index in [1.807, 2.05) is 20.8 Å². The van der Waals surface area contributed by atoms with E-state index in [-0.39, 0.29) is 30.6 Å². The second-order valence-corrected chi connectivity index (χ2v) is 6.15. The summed E-state index contributed by atoms with van der Waals surface area (Å²) in [4.78, 5) is 11.6. The molecule has 0 aromatic carbocycles. The molecular weight excluding hydrogens is 240 g/mol. The van der Waals surface area contributed by atoms with Crippen LogP contribution in [-0.2, 0) is 4.74 Å². The van der Waals surface area contributed by atoms with Crippen molar-refractivity contribution in [1.82, 2.24) is 5.32 Å². The predicted octanol–water partition coefficient (Wildman–Crippen LogP) is 2.06. The fourth-order valence-corrected chi connectivity index (χ4v) is 3.03. The molecule has 2 saturated carbocycles. The molecule has 4 atom stereocenters. The van der Waals surface area contributed by atoms with E-state index in [9.17, 15) is 4.79 Å². The number of rotatable bonds is 1. The Labute approximate surface area is 109 Å². The van der Waals surface area contributed by atoms with Gasteiger partial charge in [0.1, 0.15) is 5.60 Å². The van der Waals surface area contributed by atoms with E-state index < -0.39 is 5.60 Å². The van der Waals surface area contributed by atoms with Gasteiger partial charge in [0.15, 0.2) is 0 Å². The molecule has 100 valence electrons. The first-order valence-corrected chi connectivity index (χ1v) is 6.10. The topological polar surface area (TPSA) is 64.3 Å². The van der Waals surface area contributed by atoms with Gasteiger partial charge < -0.3 is 15.8 Å². The van der Waals surface area contributed by atoms with Crippen molar-refractivity contribution in [1.29, 1.82) is 0 Å². The number of carbonyl (C=O) groups excluding carboxylic acids is 1. The van der Waals surface area contributed by atoms with Crippen LogP contribution in [0.15, 0.2) is 0 Å². The summed E-state index contributed by atoms with van der Waals surface area (Å²) >= 11 is 0. The molecule has 3 N–H and O–H groups in total. The largest absolute Gasteiger partial charge is 0.444 e. The monoisotopic (exact) mass is 262 g/mol. The normalized spacial score (nSPS) is 35.3. The van der Waals surface area contributed by atoms with E-state index in [0.717, 1.165) is 12.8 Å². The second kappa shape index (κ2) is 5.02. The first-order chi connectivity index (χ1) is 7.35. The zero-order chi connectivity index (χ0) is 11.9. The Morgan fingerprint density at radius 1 is 1.29 bits per heavy atom. The van der Waals surface area contributed by atoms with E-state index >= 15 is 0 Å². The lowest BCUT2D eigenvalue weighted by Gasteiger charge is -2.29. The van der Waals surface area contributed by atoms with Gasteiger partial charge in [-0.25, -0.2) is 4.79 Å². The quantitative estimate of drug-likeness (QED) is 0.760. The number of ether oxygens (including phenoxy) is 1. The molecule has 5 heteroatoms. The molecule has 2 aliphatic rings. The van der Waals surface area contributed by atoms with Crippen molar-refractivity contribution in [2.45, 2.75) is 57.7 Å². The predicted molar refractivity (Wildman–Crippen MR) is 69.2 cm³/mol. The lowest BCUT2D eigenvalue weighted by molar-refractivity contribution is 0.0484. The standard InChI is InChI=1S/C12H22N2O2.ClH/c1-12(2,3)16-11(15)14-10-6-7-4-8(10)9(13)5-7;/h7-10H,4-6,13H2,1-3H3,(H,14,15);1H/t7-,8+,9-,10+;/m0./s1. The van der Waals surface area contributed by atoms with Crippen molar-refractivity contribution in [3.8, 4) is 0 Å². The zero-order valence-electron chi connectivity index (χ0n) is 10.7. The smallest absolute Gasteiger partial charge is 0.407 e. The third-order valence-electron chi connectivity index (χ3n) is 3.57. The van der Waals surface area contributed by atoms with E-state index in [1.165, 1.54) is 6.42 Å². The average Bonchev–Trinajstić information content (AvgIpc) is 2.57. The number of alkyl carbamates (subject to hydrolysis) is 1. The first kappa shape index (κ1) is 14.6. The SMILES string of the molecule is CC(C)(C)OC(=O)N[C@@H]1C[C@H]2C[C@@H]1[C@@H](N)C2.Cl. The highest BCUT2D eigenvalue weighted by molar-refractivity contribution is 5.85. The van der Waals surface area contributed by atoms with Crippen molar-refractivity contribution in [3.63, 3.8) is 0 Å². The van der Waals surface area contributed by atoms with E-state index in [1.54, 1.807) is 0 Å². The summed E-state index contributed by atoms with van der Waals surface area (Å²) in [5.74, 6) is 1.16. The van der Waals surface area contributed by atoms with Crippen LogP contribution in [0.25, 0.3) is 0 Å². The molecule has 0 aliphatic heterocycles. The third-order valence-corrected chi connectivity index (χ3v) is 3.57. The molecule has 0 radical (unpaired) electrons. The van der Waals surface area contributed by atoms with Crippen molar-refractivity contribution in [3.05, 3.63) is 0 Å². The fraction of sp³-hybridized carbons (Fsp3) is 0.917. The van der Waals surface area contributed by atoms with Crippen LogP contribution in [0.2, 0.25) is 0 Å². The van der Waals surface area contributed by atoms with Crippen LogP contribution in [-0.4, -0.2) is 23.8 Å². The van der Waals surface area contributed by atoms with Crippen molar-refractivity contribution < 1.29 is 9.53 Å². The Hall–Kier alpha value is -0.480. The number of fused-ring (bicyclic) bond motifs is 2. The van der Waals surface area contributed by atoms with E-state index in [0.29, 0.717) is 11.8 Å². The van der Waals surface area contributed by atoms with Gasteiger partial charge in [-0.1, -0.05) is 0 Å². The molecule has 0 unspecified atom stereocenters. The summed E-state index contributed by atoms with van der Waals surface area (Å²) in [5, 5.41) is 2.96. The number of nitrogens with two attached hydrogens (primary N) is 1. The molecule has 2 aliphatic carbocycles. The van der Waals surface area contributed by atoms with Crippen molar-refractivity contribution in [2.75, 3.05) is 0 Å². The molecule has 4 nitrogen and oxygen atoms in total. The molecule has 0 aromatic heterocycles. The van der Waals surface area contributed by atoms with Gasteiger partial charge in [-0.2, -0.15) is 0 Å². The van der Waals surface area contributed by atoms with Crippen LogP contribution in [0.5, 0.6) is 0 Å². The number of hydrogen-bond acceptors (Lipinski definition) is 3. The highest BCUT2D eigenvalue weighted by Gasteiger charge is 2.45. The molecule has 17 heavy (non-hydrogen) atoms. The number of halogens is 1. The molecule has 2 rings (SSSR count). The summed E-state index contributed by atoms with van der Waals surface area (Å²) in [6, 6.07) is 0.488. The summed E-state index contributed by atoms with van der Waals surface area (Å²) in [6.07, 6.45) is 3.05. The second-order valence-electron chi connectivity index (χ2n) is 6.15. The Morgan fingerprint density at radius 2 is 1.94 bits per heavy atom. The highest BCUT2D eigenvalue weighted by atomic mass is 35.5. The molecule has 2 bridgehead atoms. The highest BCUT2D eigenvalue weighted by Crippen LogP contribution is 2.43. The number of hydrogen-bond donors (Lipinski definition) is 2. The Morgan fingerprint density at radius 3 is 2.41 bits per heavy atom.